The third-order valence-electron chi connectivity index (χ3n) is 5.38. The van der Waals surface area contributed by atoms with Gasteiger partial charge in [-0.1, -0.05) is 23.2 Å². The lowest BCUT2D eigenvalue weighted by Gasteiger charge is -2.34. The average molecular weight is 520 g/mol. The summed E-state index contributed by atoms with van der Waals surface area (Å²) < 4.78 is 30.6. The maximum Gasteiger partial charge on any atom is 0.248 e. The van der Waals surface area contributed by atoms with Crippen molar-refractivity contribution >= 4 is 56.6 Å². The number of nitrogens with zero attached hydrogens (tertiary/aromatic N) is 2. The fraction of sp³-hybridized carbons (Fsp3) is 0.208. The minimum atomic E-state index is -3.16. The van der Waals surface area contributed by atoms with Crippen molar-refractivity contribution in [3.8, 4) is 11.3 Å². The predicted molar refractivity (Wildman–Crippen MR) is 137 cm³/mol. The molecule has 0 bridgehead atoms. The third-order valence-corrected chi connectivity index (χ3v) is 7.12. The van der Waals surface area contributed by atoms with Gasteiger partial charge in [0.25, 0.3) is 0 Å². The molecule has 7 nitrogen and oxygen atoms in total. The van der Waals surface area contributed by atoms with Gasteiger partial charge in [0.2, 0.25) is 15.9 Å². The summed E-state index contributed by atoms with van der Waals surface area (Å²) in [7, 11) is -3.16. The summed E-state index contributed by atoms with van der Waals surface area (Å²) in [5.41, 5.74) is 2.38. The fourth-order valence-electron chi connectivity index (χ4n) is 3.67. The van der Waals surface area contributed by atoms with Crippen molar-refractivity contribution in [3.05, 3.63) is 76.5 Å². The smallest absolute Gasteiger partial charge is 0.248 e. The molecular weight excluding hydrogens is 497 g/mol. The SMILES string of the molecule is CS(=O)(=O)N1CCN(c2ccc(NC(=O)/C=C/c3ccc(-c4cc(Cl)cc(Cl)c4)o3)cc2)CC1. The van der Waals surface area contributed by atoms with Crippen molar-refractivity contribution < 1.29 is 17.6 Å². The van der Waals surface area contributed by atoms with E-state index in [2.05, 4.69) is 10.2 Å². The van der Waals surface area contributed by atoms with Crippen LogP contribution >= 0.6 is 23.2 Å². The van der Waals surface area contributed by atoms with Crippen LogP contribution in [0.25, 0.3) is 17.4 Å². The van der Waals surface area contributed by atoms with Crippen molar-refractivity contribution in [2.75, 3.05) is 42.7 Å². The Hall–Kier alpha value is -2.78. The Labute approximate surface area is 208 Å². The summed E-state index contributed by atoms with van der Waals surface area (Å²) in [6.07, 6.45) is 4.21. The van der Waals surface area contributed by atoms with Gasteiger partial charge >= 0.3 is 0 Å². The summed E-state index contributed by atoms with van der Waals surface area (Å²) in [5.74, 6) is 0.820. The number of furan rings is 1. The molecule has 10 heteroatoms. The molecule has 1 saturated heterocycles. The number of amides is 1. The van der Waals surface area contributed by atoms with Crippen molar-refractivity contribution in [1.82, 2.24) is 4.31 Å². The highest BCUT2D eigenvalue weighted by atomic mass is 35.5. The van der Waals surface area contributed by atoms with E-state index in [9.17, 15) is 13.2 Å². The summed E-state index contributed by atoms with van der Waals surface area (Å²) >= 11 is 12.1. The van der Waals surface area contributed by atoms with Gasteiger partial charge in [0.05, 0.1) is 6.26 Å². The van der Waals surface area contributed by atoms with Crippen molar-refractivity contribution in [3.63, 3.8) is 0 Å². The Morgan fingerprint density at radius 2 is 1.62 bits per heavy atom. The number of sulfonamides is 1. The van der Waals surface area contributed by atoms with Crippen LogP contribution in [0.1, 0.15) is 5.76 Å². The molecule has 0 aliphatic carbocycles. The van der Waals surface area contributed by atoms with Gasteiger partial charge in [-0.3, -0.25) is 4.79 Å². The number of hydrogen-bond donors (Lipinski definition) is 1. The number of carbonyl (C=O) groups is 1. The Kier molecular flexibility index (Phi) is 7.33. The van der Waals surface area contributed by atoms with Crippen LogP contribution < -0.4 is 10.2 Å². The first-order valence-electron chi connectivity index (χ1n) is 10.5. The van der Waals surface area contributed by atoms with Gasteiger partial charge in [0.1, 0.15) is 11.5 Å². The van der Waals surface area contributed by atoms with Crippen LogP contribution in [-0.4, -0.2) is 51.1 Å². The van der Waals surface area contributed by atoms with Crippen LogP contribution in [0.5, 0.6) is 0 Å². The summed E-state index contributed by atoms with van der Waals surface area (Å²) in [5, 5.41) is 3.84. The number of rotatable bonds is 6. The number of nitrogens with one attached hydrogen (secondary N) is 1. The second kappa shape index (κ2) is 10.2. The maximum absolute atomic E-state index is 12.3. The molecular formula is C24H23Cl2N3O4S. The molecule has 0 radical (unpaired) electrons. The molecule has 0 spiro atoms. The Morgan fingerprint density at radius 3 is 2.24 bits per heavy atom. The fourth-order valence-corrected chi connectivity index (χ4v) is 5.02. The second-order valence-corrected chi connectivity index (χ2v) is 10.7. The van der Waals surface area contributed by atoms with Crippen molar-refractivity contribution in [2.45, 2.75) is 0 Å². The molecule has 1 aromatic heterocycles. The van der Waals surface area contributed by atoms with E-state index in [1.807, 2.05) is 24.3 Å². The van der Waals surface area contributed by atoms with E-state index in [0.29, 0.717) is 53.4 Å². The number of piperazine rings is 1. The summed E-state index contributed by atoms with van der Waals surface area (Å²) in [6.45, 7) is 2.16. The van der Waals surface area contributed by atoms with E-state index < -0.39 is 10.0 Å². The predicted octanol–water partition coefficient (Wildman–Crippen LogP) is 4.99. The molecule has 1 N–H and O–H groups in total. The molecule has 34 heavy (non-hydrogen) atoms. The van der Waals surface area contributed by atoms with E-state index in [1.165, 1.54) is 16.6 Å². The van der Waals surface area contributed by atoms with Gasteiger partial charge in [-0.15, -0.1) is 0 Å². The van der Waals surface area contributed by atoms with Crippen LogP contribution in [0.15, 0.2) is 65.1 Å². The largest absolute Gasteiger partial charge is 0.457 e. The van der Waals surface area contributed by atoms with E-state index in [4.69, 9.17) is 27.6 Å². The molecule has 0 unspecified atom stereocenters. The normalized spacial score (nSPS) is 15.1. The van der Waals surface area contributed by atoms with Crippen LogP contribution in [-0.2, 0) is 14.8 Å². The molecule has 3 aromatic rings. The van der Waals surface area contributed by atoms with Crippen LogP contribution in [0, 0.1) is 0 Å². The molecule has 1 amide bonds. The third kappa shape index (κ3) is 6.21. The van der Waals surface area contributed by atoms with E-state index >= 15 is 0 Å². The van der Waals surface area contributed by atoms with Crippen molar-refractivity contribution in [1.29, 1.82) is 0 Å². The lowest BCUT2D eigenvalue weighted by atomic mass is 10.2. The monoisotopic (exact) mass is 519 g/mol. The quantitative estimate of drug-likeness (QED) is 0.464. The van der Waals surface area contributed by atoms with Gasteiger partial charge in [-0.25, -0.2) is 8.42 Å². The molecule has 1 aliphatic heterocycles. The zero-order valence-corrected chi connectivity index (χ0v) is 20.7. The van der Waals surface area contributed by atoms with Gasteiger partial charge < -0.3 is 14.6 Å². The maximum atomic E-state index is 12.3. The van der Waals surface area contributed by atoms with Crippen LogP contribution in [0.3, 0.4) is 0 Å². The first-order chi connectivity index (χ1) is 16.2. The molecule has 0 saturated carbocycles. The van der Waals surface area contributed by atoms with Gasteiger partial charge in [-0.05, 0) is 60.7 Å². The topological polar surface area (TPSA) is 82.9 Å². The number of halogens is 2. The lowest BCUT2D eigenvalue weighted by Crippen LogP contribution is -2.48. The first-order valence-corrected chi connectivity index (χ1v) is 13.1. The highest BCUT2D eigenvalue weighted by molar-refractivity contribution is 7.88. The Bertz CT molecular complexity index is 1290. The molecule has 0 atom stereocenters. The molecule has 2 heterocycles. The Morgan fingerprint density at radius 1 is 0.971 bits per heavy atom. The minimum absolute atomic E-state index is 0.293. The minimum Gasteiger partial charge on any atom is -0.457 e. The zero-order chi connectivity index (χ0) is 24.3. The standard InChI is InChI=1S/C24H23Cl2N3O4S/c1-34(31,32)29-12-10-28(11-13-29)21-4-2-20(3-5-21)27-24(30)9-7-22-6-8-23(33-22)17-14-18(25)16-19(26)15-17/h2-9,14-16H,10-13H2,1H3,(H,27,30)/b9-7+. The molecule has 1 aliphatic rings. The molecule has 178 valence electrons. The number of carbonyl (C=O) groups excluding carboxylic acids is 1. The lowest BCUT2D eigenvalue weighted by molar-refractivity contribution is -0.111. The van der Waals surface area contributed by atoms with E-state index in [-0.39, 0.29) is 5.91 Å². The van der Waals surface area contributed by atoms with E-state index in [0.717, 1.165) is 11.3 Å². The van der Waals surface area contributed by atoms with Gasteiger partial charge in [-0.2, -0.15) is 4.31 Å². The summed E-state index contributed by atoms with van der Waals surface area (Å²) in [4.78, 5) is 14.4. The number of benzene rings is 2. The first kappa shape index (κ1) is 24.3. The highest BCUT2D eigenvalue weighted by Gasteiger charge is 2.23. The summed E-state index contributed by atoms with van der Waals surface area (Å²) in [6, 6.07) is 16.1. The van der Waals surface area contributed by atoms with Crippen LogP contribution in [0.2, 0.25) is 10.0 Å². The number of hydrogen-bond acceptors (Lipinski definition) is 5. The molecule has 2 aromatic carbocycles. The zero-order valence-electron chi connectivity index (χ0n) is 18.4. The van der Waals surface area contributed by atoms with Gasteiger partial charge in [0, 0.05) is 59.2 Å². The van der Waals surface area contributed by atoms with E-state index in [1.54, 1.807) is 36.4 Å². The average Bonchev–Trinajstić information content (AvgIpc) is 3.26. The Balaban J connectivity index is 1.33. The number of anilines is 2. The second-order valence-electron chi connectivity index (χ2n) is 7.88. The van der Waals surface area contributed by atoms with Gasteiger partial charge in [0.15, 0.2) is 0 Å². The molecule has 1 fully saturated rings. The van der Waals surface area contributed by atoms with Crippen molar-refractivity contribution in [2.24, 2.45) is 0 Å². The van der Waals surface area contributed by atoms with Crippen LogP contribution in [0.4, 0.5) is 11.4 Å². The highest BCUT2D eigenvalue weighted by Crippen LogP contribution is 2.29. The molecule has 4 rings (SSSR count).